The molecule has 0 aliphatic carbocycles. The van der Waals surface area contributed by atoms with Gasteiger partial charge in [0, 0.05) is 24.8 Å². The number of nitrogens with two attached hydrogens (primary N) is 1. The minimum atomic E-state index is 0.535. The van der Waals surface area contributed by atoms with Crippen LogP contribution in [0, 0.1) is 0 Å². The number of nitrogen functional groups attached to an aromatic ring is 1. The van der Waals surface area contributed by atoms with Crippen molar-refractivity contribution in [2.24, 2.45) is 0 Å². The largest absolute Gasteiger partial charge is 0.496 e. The Morgan fingerprint density at radius 2 is 1.75 bits per heavy atom. The van der Waals surface area contributed by atoms with E-state index in [1.807, 2.05) is 36.2 Å². The maximum absolute atomic E-state index is 6.23. The zero-order valence-electron chi connectivity index (χ0n) is 11.4. The first-order chi connectivity index (χ1) is 9.52. The summed E-state index contributed by atoms with van der Waals surface area (Å²) in [5.41, 5.74) is 8.08. The van der Waals surface area contributed by atoms with Crippen LogP contribution < -0.4 is 15.4 Å². The molecule has 5 heteroatoms. The fourth-order valence-corrected chi connectivity index (χ4v) is 2.91. The summed E-state index contributed by atoms with van der Waals surface area (Å²) >= 11 is 12.5. The molecule has 0 bridgehead atoms. The number of nitrogens with zero attached hydrogens (tertiary/aromatic N) is 1. The predicted octanol–water partition coefficient (Wildman–Crippen LogP) is 4.22. The van der Waals surface area contributed by atoms with Gasteiger partial charge in [-0.05, 0) is 18.2 Å². The molecule has 0 radical (unpaired) electrons. The van der Waals surface area contributed by atoms with Gasteiger partial charge in [-0.15, -0.1) is 0 Å². The summed E-state index contributed by atoms with van der Waals surface area (Å²) in [5, 5.41) is 1.07. The van der Waals surface area contributed by atoms with Gasteiger partial charge in [0.05, 0.1) is 22.8 Å². The monoisotopic (exact) mass is 310 g/mol. The topological polar surface area (TPSA) is 38.5 Å². The predicted molar refractivity (Wildman–Crippen MR) is 86.0 cm³/mol. The van der Waals surface area contributed by atoms with Gasteiger partial charge in [0.15, 0.2) is 0 Å². The summed E-state index contributed by atoms with van der Waals surface area (Å²) < 4.78 is 5.35. The molecule has 0 atom stereocenters. The van der Waals surface area contributed by atoms with Crippen molar-refractivity contribution in [2.75, 3.05) is 24.8 Å². The number of hydrogen-bond acceptors (Lipinski definition) is 3. The third-order valence-electron chi connectivity index (χ3n) is 3.02. The van der Waals surface area contributed by atoms with Gasteiger partial charge in [-0.3, -0.25) is 0 Å². The number of halogens is 2. The molecule has 3 nitrogen and oxygen atoms in total. The Labute approximate surface area is 128 Å². The van der Waals surface area contributed by atoms with Gasteiger partial charge >= 0.3 is 0 Å². The van der Waals surface area contributed by atoms with Crippen LogP contribution in [-0.4, -0.2) is 14.2 Å². The van der Waals surface area contributed by atoms with Crippen molar-refractivity contribution in [1.29, 1.82) is 0 Å². The number of rotatable bonds is 4. The van der Waals surface area contributed by atoms with E-state index >= 15 is 0 Å². The minimum absolute atomic E-state index is 0.535. The molecule has 0 unspecified atom stereocenters. The molecule has 0 saturated carbocycles. The van der Waals surface area contributed by atoms with Crippen molar-refractivity contribution in [1.82, 2.24) is 0 Å². The fraction of sp³-hybridized carbons (Fsp3) is 0.200. The Bertz CT molecular complexity index is 594. The number of methoxy groups -OCH3 is 1. The van der Waals surface area contributed by atoms with E-state index in [4.69, 9.17) is 33.7 Å². The number of benzene rings is 2. The number of para-hydroxylation sites is 1. The highest BCUT2D eigenvalue weighted by atomic mass is 35.5. The quantitative estimate of drug-likeness (QED) is 0.859. The summed E-state index contributed by atoms with van der Waals surface area (Å²) in [5.74, 6) is 0.835. The Morgan fingerprint density at radius 1 is 1.15 bits per heavy atom. The smallest absolute Gasteiger partial charge is 0.123 e. The molecule has 0 heterocycles. The third kappa shape index (κ3) is 3.11. The molecule has 20 heavy (non-hydrogen) atoms. The van der Waals surface area contributed by atoms with E-state index in [0.29, 0.717) is 22.3 Å². The third-order valence-corrected chi connectivity index (χ3v) is 3.60. The number of hydrogen-bond donors (Lipinski definition) is 1. The van der Waals surface area contributed by atoms with Crippen LogP contribution in [0.3, 0.4) is 0 Å². The van der Waals surface area contributed by atoms with Crippen LogP contribution in [0.2, 0.25) is 10.0 Å². The lowest BCUT2D eigenvalue weighted by molar-refractivity contribution is 0.409. The minimum Gasteiger partial charge on any atom is -0.496 e. The second kappa shape index (κ2) is 6.25. The maximum atomic E-state index is 6.23. The van der Waals surface area contributed by atoms with E-state index in [-0.39, 0.29) is 0 Å². The molecular weight excluding hydrogens is 295 g/mol. The van der Waals surface area contributed by atoms with Crippen molar-refractivity contribution in [3.05, 3.63) is 52.0 Å². The van der Waals surface area contributed by atoms with Crippen LogP contribution in [0.15, 0.2) is 36.4 Å². The first kappa shape index (κ1) is 14.8. The van der Waals surface area contributed by atoms with Gasteiger partial charge in [0.25, 0.3) is 0 Å². The average Bonchev–Trinajstić information content (AvgIpc) is 2.38. The Kier molecular flexibility index (Phi) is 4.63. The van der Waals surface area contributed by atoms with E-state index in [1.165, 1.54) is 0 Å². The van der Waals surface area contributed by atoms with Crippen LogP contribution >= 0.6 is 23.2 Å². The average molecular weight is 311 g/mol. The SMILES string of the molecule is COc1ccccc1CN(C)c1c(Cl)cc(N)cc1Cl. The standard InChI is InChI=1S/C15H16Cl2N2O/c1-19(9-10-5-3-4-6-14(10)20-2)15-12(16)7-11(18)8-13(15)17/h3-8H,9,18H2,1-2H3. The molecule has 2 N–H and O–H groups in total. The molecule has 0 saturated heterocycles. The van der Waals surface area contributed by atoms with E-state index < -0.39 is 0 Å². The van der Waals surface area contributed by atoms with E-state index in [2.05, 4.69) is 0 Å². The number of anilines is 2. The van der Waals surface area contributed by atoms with E-state index in [1.54, 1.807) is 19.2 Å². The first-order valence-corrected chi connectivity index (χ1v) is 6.86. The molecule has 0 amide bonds. The highest BCUT2D eigenvalue weighted by molar-refractivity contribution is 6.39. The zero-order chi connectivity index (χ0) is 14.7. The van der Waals surface area contributed by atoms with Crippen LogP contribution in [0.25, 0.3) is 0 Å². The lowest BCUT2D eigenvalue weighted by atomic mass is 10.1. The Balaban J connectivity index is 2.31. The fourth-order valence-electron chi connectivity index (χ4n) is 2.12. The lowest BCUT2D eigenvalue weighted by Crippen LogP contribution is -2.18. The van der Waals surface area contributed by atoms with Gasteiger partial charge in [0.2, 0.25) is 0 Å². The van der Waals surface area contributed by atoms with E-state index in [9.17, 15) is 0 Å². The molecule has 0 aromatic heterocycles. The summed E-state index contributed by atoms with van der Waals surface area (Å²) in [4.78, 5) is 1.97. The number of ether oxygens (including phenoxy) is 1. The van der Waals surface area contributed by atoms with Crippen molar-refractivity contribution >= 4 is 34.6 Å². The molecule has 2 aromatic rings. The Hall–Kier alpha value is -1.58. The highest BCUT2D eigenvalue weighted by Crippen LogP contribution is 2.36. The molecule has 106 valence electrons. The molecule has 0 aliphatic heterocycles. The van der Waals surface area contributed by atoms with Crippen LogP contribution in [-0.2, 0) is 6.54 Å². The summed E-state index contributed by atoms with van der Waals surface area (Å²) in [6.45, 7) is 0.632. The molecule has 2 aromatic carbocycles. The second-order valence-electron chi connectivity index (χ2n) is 4.50. The Morgan fingerprint density at radius 3 is 2.35 bits per heavy atom. The van der Waals surface area contributed by atoms with E-state index in [0.717, 1.165) is 17.0 Å². The van der Waals surface area contributed by atoms with Crippen LogP contribution in [0.1, 0.15) is 5.56 Å². The molecule has 0 fully saturated rings. The van der Waals surface area contributed by atoms with Crippen molar-refractivity contribution in [3.63, 3.8) is 0 Å². The van der Waals surface area contributed by atoms with Crippen molar-refractivity contribution in [2.45, 2.75) is 6.54 Å². The van der Waals surface area contributed by atoms with Gasteiger partial charge in [-0.1, -0.05) is 41.4 Å². The van der Waals surface area contributed by atoms with Crippen LogP contribution in [0.4, 0.5) is 11.4 Å². The summed E-state index contributed by atoms with van der Waals surface area (Å²) in [6, 6.07) is 11.2. The molecule has 2 rings (SSSR count). The van der Waals surface area contributed by atoms with Crippen LogP contribution in [0.5, 0.6) is 5.75 Å². The lowest BCUT2D eigenvalue weighted by Gasteiger charge is -2.23. The first-order valence-electron chi connectivity index (χ1n) is 6.10. The summed E-state index contributed by atoms with van der Waals surface area (Å²) in [7, 11) is 3.58. The molecule has 0 spiro atoms. The van der Waals surface area contributed by atoms with Gasteiger partial charge in [0.1, 0.15) is 5.75 Å². The highest BCUT2D eigenvalue weighted by Gasteiger charge is 2.14. The zero-order valence-corrected chi connectivity index (χ0v) is 12.9. The van der Waals surface area contributed by atoms with Gasteiger partial charge < -0.3 is 15.4 Å². The van der Waals surface area contributed by atoms with Crippen molar-refractivity contribution < 1.29 is 4.74 Å². The summed E-state index contributed by atoms with van der Waals surface area (Å²) in [6.07, 6.45) is 0. The molecular formula is C15H16Cl2N2O. The van der Waals surface area contributed by atoms with Gasteiger partial charge in [-0.2, -0.15) is 0 Å². The second-order valence-corrected chi connectivity index (χ2v) is 5.32. The molecule has 0 aliphatic rings. The normalized spacial score (nSPS) is 10.4. The maximum Gasteiger partial charge on any atom is 0.123 e. The van der Waals surface area contributed by atoms with Crippen molar-refractivity contribution in [3.8, 4) is 5.75 Å². The van der Waals surface area contributed by atoms with Gasteiger partial charge in [-0.25, -0.2) is 0 Å².